The molecule has 0 unspecified atom stereocenters. The van der Waals surface area contributed by atoms with Crippen molar-refractivity contribution in [3.63, 3.8) is 0 Å². The summed E-state index contributed by atoms with van der Waals surface area (Å²) in [6, 6.07) is 11.7. The number of aromatic amines is 1. The van der Waals surface area contributed by atoms with Crippen molar-refractivity contribution in [2.24, 2.45) is 5.73 Å². The summed E-state index contributed by atoms with van der Waals surface area (Å²) in [4.78, 5) is 16.6. The summed E-state index contributed by atoms with van der Waals surface area (Å²) < 4.78 is 0. The Bertz CT molecular complexity index is 585. The third-order valence-electron chi connectivity index (χ3n) is 2.91. The van der Waals surface area contributed by atoms with Crippen molar-refractivity contribution in [2.75, 3.05) is 19.0 Å². The van der Waals surface area contributed by atoms with Crippen LogP contribution in [0.2, 0.25) is 0 Å². The maximum absolute atomic E-state index is 11.7. The summed E-state index contributed by atoms with van der Waals surface area (Å²) in [5.41, 5.74) is 8.87. The first-order chi connectivity index (χ1) is 8.61. The van der Waals surface area contributed by atoms with Gasteiger partial charge in [0, 0.05) is 37.6 Å². The summed E-state index contributed by atoms with van der Waals surface area (Å²) in [7, 11) is 3.99. The maximum Gasteiger partial charge on any atom is 0.252 e. The average molecular weight is 243 g/mol. The van der Waals surface area contributed by atoms with Crippen molar-refractivity contribution in [1.29, 1.82) is 0 Å². The SMILES string of the molecule is CN(C)c1ccc(-c2ccc(CN)c(=O)[nH]2)cc1. The zero-order chi connectivity index (χ0) is 13.1. The van der Waals surface area contributed by atoms with Crippen LogP contribution in [0.1, 0.15) is 5.56 Å². The largest absolute Gasteiger partial charge is 0.378 e. The third-order valence-corrected chi connectivity index (χ3v) is 2.91. The highest BCUT2D eigenvalue weighted by Crippen LogP contribution is 2.19. The number of pyridine rings is 1. The molecule has 0 bridgehead atoms. The van der Waals surface area contributed by atoms with Gasteiger partial charge in [-0.25, -0.2) is 0 Å². The minimum atomic E-state index is -0.119. The quantitative estimate of drug-likeness (QED) is 0.860. The molecule has 3 N–H and O–H groups in total. The fourth-order valence-corrected chi connectivity index (χ4v) is 1.77. The number of benzene rings is 1. The number of nitrogens with one attached hydrogen (secondary N) is 1. The minimum absolute atomic E-state index is 0.119. The van der Waals surface area contributed by atoms with E-state index < -0.39 is 0 Å². The number of nitrogens with two attached hydrogens (primary N) is 1. The van der Waals surface area contributed by atoms with Crippen LogP contribution in [-0.4, -0.2) is 19.1 Å². The van der Waals surface area contributed by atoms with Gasteiger partial charge in [-0.3, -0.25) is 4.79 Å². The molecule has 1 aromatic carbocycles. The Morgan fingerprint density at radius 3 is 2.28 bits per heavy atom. The monoisotopic (exact) mass is 243 g/mol. The number of H-pyrrole nitrogens is 1. The number of hydrogen-bond acceptors (Lipinski definition) is 3. The molecule has 2 aromatic rings. The Balaban J connectivity index is 2.37. The van der Waals surface area contributed by atoms with Gasteiger partial charge in [-0.05, 0) is 23.8 Å². The lowest BCUT2D eigenvalue weighted by Crippen LogP contribution is -2.15. The van der Waals surface area contributed by atoms with E-state index in [4.69, 9.17) is 5.73 Å². The van der Waals surface area contributed by atoms with Gasteiger partial charge in [0.15, 0.2) is 0 Å². The van der Waals surface area contributed by atoms with Crippen molar-refractivity contribution in [2.45, 2.75) is 6.54 Å². The van der Waals surface area contributed by atoms with E-state index in [1.54, 1.807) is 6.07 Å². The molecule has 0 atom stereocenters. The first-order valence-corrected chi connectivity index (χ1v) is 5.82. The van der Waals surface area contributed by atoms with Gasteiger partial charge in [0.1, 0.15) is 0 Å². The molecule has 0 aliphatic carbocycles. The Morgan fingerprint density at radius 1 is 1.11 bits per heavy atom. The fraction of sp³-hybridized carbons (Fsp3) is 0.214. The van der Waals surface area contributed by atoms with E-state index in [9.17, 15) is 4.79 Å². The highest BCUT2D eigenvalue weighted by Gasteiger charge is 2.02. The summed E-state index contributed by atoms with van der Waals surface area (Å²) in [5.74, 6) is 0. The zero-order valence-electron chi connectivity index (χ0n) is 10.6. The predicted octanol–water partition coefficient (Wildman–Crippen LogP) is 1.57. The van der Waals surface area contributed by atoms with Crippen molar-refractivity contribution >= 4 is 5.69 Å². The number of aromatic nitrogens is 1. The molecule has 1 aromatic heterocycles. The zero-order valence-corrected chi connectivity index (χ0v) is 10.6. The van der Waals surface area contributed by atoms with Crippen LogP contribution < -0.4 is 16.2 Å². The van der Waals surface area contributed by atoms with Gasteiger partial charge in [0.05, 0.1) is 0 Å². The van der Waals surface area contributed by atoms with Gasteiger partial charge < -0.3 is 15.6 Å². The predicted molar refractivity (Wildman–Crippen MR) is 74.7 cm³/mol. The van der Waals surface area contributed by atoms with Gasteiger partial charge >= 0.3 is 0 Å². The van der Waals surface area contributed by atoms with E-state index in [1.807, 2.05) is 49.3 Å². The molecular formula is C14H17N3O. The van der Waals surface area contributed by atoms with Crippen molar-refractivity contribution in [3.8, 4) is 11.3 Å². The molecule has 0 fully saturated rings. The van der Waals surface area contributed by atoms with Crippen LogP contribution in [0.5, 0.6) is 0 Å². The van der Waals surface area contributed by atoms with E-state index in [2.05, 4.69) is 4.98 Å². The fourth-order valence-electron chi connectivity index (χ4n) is 1.77. The van der Waals surface area contributed by atoms with E-state index in [-0.39, 0.29) is 12.1 Å². The Hall–Kier alpha value is -2.07. The smallest absolute Gasteiger partial charge is 0.252 e. The first-order valence-electron chi connectivity index (χ1n) is 5.82. The van der Waals surface area contributed by atoms with Crippen LogP contribution in [-0.2, 0) is 6.54 Å². The second-order valence-corrected chi connectivity index (χ2v) is 4.37. The lowest BCUT2D eigenvalue weighted by atomic mass is 10.1. The average Bonchev–Trinajstić information content (AvgIpc) is 2.38. The summed E-state index contributed by atoms with van der Waals surface area (Å²) >= 11 is 0. The topological polar surface area (TPSA) is 62.1 Å². The molecule has 0 spiro atoms. The Kier molecular flexibility index (Phi) is 3.48. The van der Waals surface area contributed by atoms with Gasteiger partial charge in [0.2, 0.25) is 0 Å². The second-order valence-electron chi connectivity index (χ2n) is 4.37. The molecule has 94 valence electrons. The minimum Gasteiger partial charge on any atom is -0.378 e. The highest BCUT2D eigenvalue weighted by atomic mass is 16.1. The molecule has 1 heterocycles. The van der Waals surface area contributed by atoms with Gasteiger partial charge in [-0.15, -0.1) is 0 Å². The molecule has 18 heavy (non-hydrogen) atoms. The van der Waals surface area contributed by atoms with Gasteiger partial charge in [-0.1, -0.05) is 18.2 Å². The van der Waals surface area contributed by atoms with E-state index >= 15 is 0 Å². The van der Waals surface area contributed by atoms with Crippen LogP contribution in [0.4, 0.5) is 5.69 Å². The van der Waals surface area contributed by atoms with Crippen LogP contribution in [0.25, 0.3) is 11.3 Å². The maximum atomic E-state index is 11.7. The van der Waals surface area contributed by atoms with E-state index in [0.717, 1.165) is 16.9 Å². The number of rotatable bonds is 3. The van der Waals surface area contributed by atoms with Crippen LogP contribution in [0.3, 0.4) is 0 Å². The van der Waals surface area contributed by atoms with Crippen molar-refractivity contribution < 1.29 is 0 Å². The van der Waals surface area contributed by atoms with Crippen molar-refractivity contribution in [1.82, 2.24) is 4.98 Å². The standard InChI is InChI=1S/C14H17N3O/c1-17(2)12-6-3-10(4-7-12)13-8-5-11(9-15)14(18)16-13/h3-8H,9,15H2,1-2H3,(H,16,18). The molecular weight excluding hydrogens is 226 g/mol. The lowest BCUT2D eigenvalue weighted by Gasteiger charge is -2.12. The van der Waals surface area contributed by atoms with E-state index in [0.29, 0.717) is 5.56 Å². The molecule has 0 amide bonds. The summed E-state index contributed by atoms with van der Waals surface area (Å²) in [5, 5.41) is 0. The molecule has 0 aliphatic rings. The van der Waals surface area contributed by atoms with Crippen LogP contribution in [0.15, 0.2) is 41.2 Å². The van der Waals surface area contributed by atoms with Gasteiger partial charge in [-0.2, -0.15) is 0 Å². The Morgan fingerprint density at radius 2 is 1.78 bits per heavy atom. The van der Waals surface area contributed by atoms with Crippen LogP contribution >= 0.6 is 0 Å². The van der Waals surface area contributed by atoms with Crippen LogP contribution in [0, 0.1) is 0 Å². The number of hydrogen-bond donors (Lipinski definition) is 2. The number of anilines is 1. The molecule has 0 aliphatic heterocycles. The molecule has 4 heteroatoms. The summed E-state index contributed by atoms with van der Waals surface area (Å²) in [6.45, 7) is 0.259. The van der Waals surface area contributed by atoms with Crippen molar-refractivity contribution in [3.05, 3.63) is 52.3 Å². The molecule has 4 nitrogen and oxygen atoms in total. The van der Waals surface area contributed by atoms with Gasteiger partial charge in [0.25, 0.3) is 5.56 Å². The van der Waals surface area contributed by atoms with E-state index in [1.165, 1.54) is 0 Å². The third kappa shape index (κ3) is 2.43. The second kappa shape index (κ2) is 5.06. The molecule has 0 saturated heterocycles. The highest BCUT2D eigenvalue weighted by molar-refractivity contribution is 5.62. The number of nitrogens with zero attached hydrogens (tertiary/aromatic N) is 1. The normalized spacial score (nSPS) is 10.4. The first kappa shape index (κ1) is 12.4. The lowest BCUT2D eigenvalue weighted by molar-refractivity contribution is 1.02. The molecule has 0 saturated carbocycles. The Labute approximate surface area is 106 Å². The summed E-state index contributed by atoms with van der Waals surface area (Å²) in [6.07, 6.45) is 0. The molecule has 2 rings (SSSR count). The molecule has 0 radical (unpaired) electrons.